The number of carbonyl (C=O) groups excluding carboxylic acids is 1. The van der Waals surface area contributed by atoms with E-state index in [1.165, 1.54) is 0 Å². The first-order valence-electron chi connectivity index (χ1n) is 8.17. The summed E-state index contributed by atoms with van der Waals surface area (Å²) in [4.78, 5) is 12.6. The molecule has 0 fully saturated rings. The summed E-state index contributed by atoms with van der Waals surface area (Å²) in [7, 11) is -2.15. The van der Waals surface area contributed by atoms with E-state index in [-0.39, 0.29) is 16.7 Å². The van der Waals surface area contributed by atoms with Crippen LogP contribution in [-0.2, 0) is 19.6 Å². The third-order valence-corrected chi connectivity index (χ3v) is 5.39. The minimum absolute atomic E-state index is 0.118. The molecular formula is C17H28N2O4S. The summed E-state index contributed by atoms with van der Waals surface area (Å²) < 4.78 is 32.6. The Hall–Kier alpha value is -1.44. The van der Waals surface area contributed by atoms with Crippen molar-refractivity contribution in [3.05, 3.63) is 29.8 Å². The topological polar surface area (TPSA) is 84.5 Å². The number of methoxy groups -OCH3 is 1. The first-order valence-corrected chi connectivity index (χ1v) is 9.65. The highest BCUT2D eigenvalue weighted by Gasteiger charge is 2.29. The van der Waals surface area contributed by atoms with E-state index < -0.39 is 16.1 Å². The van der Waals surface area contributed by atoms with E-state index in [2.05, 4.69) is 10.0 Å². The van der Waals surface area contributed by atoms with Crippen molar-refractivity contribution in [3.8, 4) is 0 Å². The van der Waals surface area contributed by atoms with Crippen LogP contribution in [0.4, 0.5) is 0 Å². The Labute approximate surface area is 145 Å². The predicted octanol–water partition coefficient (Wildman–Crippen LogP) is 1.84. The van der Waals surface area contributed by atoms with Crippen LogP contribution >= 0.6 is 0 Å². The molecule has 0 aromatic heterocycles. The minimum Gasteiger partial charge on any atom is -0.385 e. The minimum atomic E-state index is -3.75. The Bertz CT molecular complexity index is 614. The number of aryl methyl sites for hydroxylation is 1. The number of rotatable bonds is 10. The van der Waals surface area contributed by atoms with Crippen molar-refractivity contribution >= 4 is 15.9 Å². The van der Waals surface area contributed by atoms with Crippen molar-refractivity contribution in [1.29, 1.82) is 0 Å². The normalized spacial score (nSPS) is 14.2. The fourth-order valence-electron chi connectivity index (χ4n) is 2.15. The number of hydrogen-bond acceptors (Lipinski definition) is 4. The Kier molecular flexibility index (Phi) is 8.38. The number of carbonyl (C=O) groups is 1. The van der Waals surface area contributed by atoms with Gasteiger partial charge in [0, 0.05) is 20.3 Å². The standard InChI is InChI=1S/C17H28N2O4S/c1-5-14(3)16(17(20)18-11-6-12-23-4)19-24(21,22)15-9-7-13(2)8-10-15/h7-10,14,16,19H,5-6,11-12H2,1-4H3,(H,18,20)/t14-,16-/m1/s1. The lowest BCUT2D eigenvalue weighted by Crippen LogP contribution is -2.50. The molecule has 0 saturated heterocycles. The number of sulfonamides is 1. The van der Waals surface area contributed by atoms with E-state index in [1.807, 2.05) is 20.8 Å². The van der Waals surface area contributed by atoms with Crippen LogP contribution in [0.15, 0.2) is 29.2 Å². The second kappa shape index (κ2) is 9.76. The number of hydrogen-bond donors (Lipinski definition) is 2. The van der Waals surface area contributed by atoms with Crippen LogP contribution in [0, 0.1) is 12.8 Å². The van der Waals surface area contributed by atoms with Gasteiger partial charge in [-0.05, 0) is 31.4 Å². The maximum Gasteiger partial charge on any atom is 0.241 e. The zero-order valence-corrected chi connectivity index (χ0v) is 15.7. The molecule has 136 valence electrons. The Balaban J connectivity index is 2.84. The third kappa shape index (κ3) is 6.22. The number of ether oxygens (including phenoxy) is 1. The fourth-order valence-corrected chi connectivity index (χ4v) is 3.46. The lowest BCUT2D eigenvalue weighted by Gasteiger charge is -2.23. The zero-order chi connectivity index (χ0) is 18.2. The van der Waals surface area contributed by atoms with Crippen molar-refractivity contribution < 1.29 is 17.9 Å². The molecular weight excluding hydrogens is 328 g/mol. The van der Waals surface area contributed by atoms with Crippen LogP contribution in [0.5, 0.6) is 0 Å². The van der Waals surface area contributed by atoms with E-state index in [4.69, 9.17) is 4.74 Å². The quantitative estimate of drug-likeness (QED) is 0.627. The van der Waals surface area contributed by atoms with Crippen molar-refractivity contribution in [2.45, 2.75) is 44.6 Å². The molecule has 1 rings (SSSR count). The van der Waals surface area contributed by atoms with Gasteiger partial charge in [-0.25, -0.2) is 8.42 Å². The highest BCUT2D eigenvalue weighted by Crippen LogP contribution is 2.15. The summed E-state index contributed by atoms with van der Waals surface area (Å²) in [6.45, 7) is 6.67. The van der Waals surface area contributed by atoms with Gasteiger partial charge in [0.05, 0.1) is 4.90 Å². The third-order valence-electron chi connectivity index (χ3n) is 3.93. The predicted molar refractivity (Wildman–Crippen MR) is 94.2 cm³/mol. The molecule has 2 atom stereocenters. The molecule has 0 spiro atoms. The zero-order valence-electron chi connectivity index (χ0n) is 14.8. The smallest absolute Gasteiger partial charge is 0.241 e. The summed E-state index contributed by atoms with van der Waals surface area (Å²) in [6.07, 6.45) is 1.37. The van der Waals surface area contributed by atoms with Crippen LogP contribution < -0.4 is 10.0 Å². The summed E-state index contributed by atoms with van der Waals surface area (Å²) in [5.74, 6) is -0.427. The molecule has 2 N–H and O–H groups in total. The van der Waals surface area contributed by atoms with Crippen molar-refractivity contribution in [3.63, 3.8) is 0 Å². The van der Waals surface area contributed by atoms with E-state index in [1.54, 1.807) is 31.4 Å². The van der Waals surface area contributed by atoms with Gasteiger partial charge in [0.2, 0.25) is 15.9 Å². The molecule has 24 heavy (non-hydrogen) atoms. The summed E-state index contributed by atoms with van der Waals surface area (Å²) in [6, 6.07) is 5.75. The monoisotopic (exact) mass is 356 g/mol. The summed E-state index contributed by atoms with van der Waals surface area (Å²) >= 11 is 0. The molecule has 0 radical (unpaired) electrons. The molecule has 0 aliphatic rings. The first kappa shape index (κ1) is 20.6. The largest absolute Gasteiger partial charge is 0.385 e. The van der Waals surface area contributed by atoms with E-state index in [9.17, 15) is 13.2 Å². The van der Waals surface area contributed by atoms with Gasteiger partial charge in [0.1, 0.15) is 6.04 Å². The van der Waals surface area contributed by atoms with Crippen molar-refractivity contribution in [1.82, 2.24) is 10.0 Å². The van der Waals surface area contributed by atoms with E-state index in [0.717, 1.165) is 5.56 Å². The summed E-state index contributed by atoms with van der Waals surface area (Å²) in [5.41, 5.74) is 0.975. The first-order chi connectivity index (χ1) is 11.3. The Morgan fingerprint density at radius 3 is 2.42 bits per heavy atom. The second-order valence-electron chi connectivity index (χ2n) is 5.93. The van der Waals surface area contributed by atoms with Crippen LogP contribution in [0.25, 0.3) is 0 Å². The summed E-state index contributed by atoms with van der Waals surface area (Å²) in [5, 5.41) is 2.77. The number of benzene rings is 1. The average Bonchev–Trinajstić information content (AvgIpc) is 2.56. The van der Waals surface area contributed by atoms with Gasteiger partial charge in [0.25, 0.3) is 0 Å². The second-order valence-corrected chi connectivity index (χ2v) is 7.65. The number of nitrogens with one attached hydrogen (secondary N) is 2. The van der Waals surface area contributed by atoms with Crippen LogP contribution in [0.1, 0.15) is 32.3 Å². The lowest BCUT2D eigenvalue weighted by atomic mass is 9.99. The molecule has 7 heteroatoms. The van der Waals surface area contributed by atoms with Gasteiger partial charge < -0.3 is 10.1 Å². The van der Waals surface area contributed by atoms with Gasteiger partial charge in [-0.2, -0.15) is 4.72 Å². The van der Waals surface area contributed by atoms with E-state index in [0.29, 0.717) is 26.0 Å². The van der Waals surface area contributed by atoms with Crippen molar-refractivity contribution in [2.24, 2.45) is 5.92 Å². The molecule has 1 amide bonds. The molecule has 0 bridgehead atoms. The highest BCUT2D eigenvalue weighted by atomic mass is 32.2. The molecule has 1 aromatic carbocycles. The number of amides is 1. The average molecular weight is 356 g/mol. The maximum absolute atomic E-state index is 12.5. The molecule has 0 unspecified atom stereocenters. The molecule has 1 aromatic rings. The van der Waals surface area contributed by atoms with Crippen molar-refractivity contribution in [2.75, 3.05) is 20.3 Å². The molecule has 6 nitrogen and oxygen atoms in total. The van der Waals surface area contributed by atoms with Gasteiger partial charge in [-0.15, -0.1) is 0 Å². The van der Waals surface area contributed by atoms with Crippen LogP contribution in [0.2, 0.25) is 0 Å². The Morgan fingerprint density at radius 1 is 1.25 bits per heavy atom. The van der Waals surface area contributed by atoms with Gasteiger partial charge in [0.15, 0.2) is 0 Å². The molecule has 0 aliphatic heterocycles. The molecule has 0 aliphatic carbocycles. The van der Waals surface area contributed by atoms with Crippen LogP contribution in [0.3, 0.4) is 0 Å². The highest BCUT2D eigenvalue weighted by molar-refractivity contribution is 7.89. The fraction of sp³-hybridized carbons (Fsp3) is 0.588. The molecule has 0 saturated carbocycles. The van der Waals surface area contributed by atoms with Crippen LogP contribution in [-0.4, -0.2) is 40.6 Å². The SMILES string of the molecule is CC[C@@H](C)[C@@H](NS(=O)(=O)c1ccc(C)cc1)C(=O)NCCCOC. The van der Waals surface area contributed by atoms with E-state index >= 15 is 0 Å². The lowest BCUT2D eigenvalue weighted by molar-refractivity contribution is -0.123. The Morgan fingerprint density at radius 2 is 1.88 bits per heavy atom. The van der Waals surface area contributed by atoms with Gasteiger partial charge in [-0.3, -0.25) is 4.79 Å². The molecule has 0 heterocycles. The maximum atomic E-state index is 12.5. The van der Waals surface area contributed by atoms with Gasteiger partial charge >= 0.3 is 0 Å². The van der Waals surface area contributed by atoms with Gasteiger partial charge in [-0.1, -0.05) is 38.0 Å².